The summed E-state index contributed by atoms with van der Waals surface area (Å²) in [5.74, 6) is -2.46. The molecule has 0 bridgehead atoms. The predicted molar refractivity (Wildman–Crippen MR) is 263 cm³/mol. The Labute approximate surface area is 389 Å². The molecule has 0 radical (unpaired) electrons. The van der Waals surface area contributed by atoms with Crippen LogP contribution in [-0.2, 0) is 32.7 Å². The number of carbonyl (C=O) groups is 3. The molecule has 3 unspecified atom stereocenters. The van der Waals surface area contributed by atoms with Gasteiger partial charge in [-0.15, -0.1) is 0 Å². The van der Waals surface area contributed by atoms with E-state index in [0.717, 1.165) is 51.4 Å². The van der Waals surface area contributed by atoms with Gasteiger partial charge in [0.15, 0.2) is 6.04 Å². The van der Waals surface area contributed by atoms with Crippen LogP contribution in [0.15, 0.2) is 72.9 Å². The minimum atomic E-state index is -4.78. The summed E-state index contributed by atoms with van der Waals surface area (Å²) in [5, 5.41) is 21.8. The van der Waals surface area contributed by atoms with E-state index >= 15 is 0 Å². The Hall–Kier alpha value is -3.08. The van der Waals surface area contributed by atoms with Crippen molar-refractivity contribution in [3.05, 3.63) is 72.9 Å². The van der Waals surface area contributed by atoms with Gasteiger partial charge in [-0.3, -0.25) is 18.6 Å². The van der Waals surface area contributed by atoms with Crippen LogP contribution >= 0.6 is 7.82 Å². The standard InChI is InChI=1S/C52H90NO10P/c1-3-5-7-9-11-13-15-17-19-21-22-23-24-25-26-28-30-32-34-36-38-40-42-44-51(56)61-45-48(54)46-62-64(59,60)63-47-49(52(57)58)53-50(55)43-41-39-37-35-33-31-29-27-20-18-16-14-12-10-8-6-4-2/h6,8,12,14,17-20,29,31,35,37,48-49,54H,3-5,7,9-11,13,15-16,21-28,30,32-34,36,38-47H2,1-2H3,(H,53,55)(H,57,58)(H,59,60)/b8-6-,14-12-,19-17+,20-18-,31-29-,37-35-. The number of ether oxygens (including phenoxy) is 1. The lowest BCUT2D eigenvalue weighted by Crippen LogP contribution is -2.43. The second kappa shape index (κ2) is 46.4. The number of carbonyl (C=O) groups excluding carboxylic acids is 2. The minimum absolute atomic E-state index is 0.0643. The topological polar surface area (TPSA) is 169 Å². The van der Waals surface area contributed by atoms with E-state index in [0.29, 0.717) is 19.3 Å². The van der Waals surface area contributed by atoms with E-state index in [-0.39, 0.29) is 12.8 Å². The highest BCUT2D eigenvalue weighted by atomic mass is 31.2. The van der Waals surface area contributed by atoms with Crippen molar-refractivity contribution in [3.8, 4) is 0 Å². The highest BCUT2D eigenvalue weighted by Crippen LogP contribution is 2.43. The summed E-state index contributed by atoms with van der Waals surface area (Å²) in [6, 6.07) is -1.58. The molecule has 1 amide bonds. The number of hydrogen-bond donors (Lipinski definition) is 4. The summed E-state index contributed by atoms with van der Waals surface area (Å²) in [7, 11) is -4.78. The molecular formula is C52H90NO10P. The second-order valence-corrected chi connectivity index (χ2v) is 18.1. The van der Waals surface area contributed by atoms with E-state index in [9.17, 15) is 34.1 Å². The number of esters is 1. The molecule has 4 N–H and O–H groups in total. The van der Waals surface area contributed by atoms with E-state index in [1.165, 1.54) is 109 Å². The van der Waals surface area contributed by atoms with Crippen molar-refractivity contribution in [3.63, 3.8) is 0 Å². The van der Waals surface area contributed by atoms with E-state index < -0.39 is 57.6 Å². The average molecular weight is 920 g/mol. The molecule has 0 aromatic carbocycles. The van der Waals surface area contributed by atoms with Gasteiger partial charge in [0.25, 0.3) is 0 Å². The summed E-state index contributed by atoms with van der Waals surface area (Å²) in [6.07, 6.45) is 56.6. The smallest absolute Gasteiger partial charge is 0.472 e. The number of hydrogen-bond acceptors (Lipinski definition) is 8. The number of carboxylic acids is 1. The first-order valence-corrected chi connectivity index (χ1v) is 26.5. The molecule has 0 spiro atoms. The molecule has 64 heavy (non-hydrogen) atoms. The Morgan fingerprint density at radius 3 is 1.41 bits per heavy atom. The van der Waals surface area contributed by atoms with Crippen LogP contribution in [0.25, 0.3) is 0 Å². The Balaban J connectivity index is 3.87. The number of aliphatic hydroxyl groups excluding tert-OH is 1. The highest BCUT2D eigenvalue weighted by Gasteiger charge is 2.28. The fourth-order valence-electron chi connectivity index (χ4n) is 6.64. The molecule has 0 saturated heterocycles. The molecule has 11 nitrogen and oxygen atoms in total. The maximum atomic E-state index is 12.3. The van der Waals surface area contributed by atoms with Crippen LogP contribution in [0.2, 0.25) is 0 Å². The van der Waals surface area contributed by atoms with Gasteiger partial charge < -0.3 is 25.2 Å². The zero-order valence-corrected chi connectivity index (χ0v) is 41.0. The fourth-order valence-corrected chi connectivity index (χ4v) is 7.41. The lowest BCUT2D eigenvalue weighted by atomic mass is 10.0. The number of amides is 1. The summed E-state index contributed by atoms with van der Waals surface area (Å²) in [4.78, 5) is 46.0. The molecule has 12 heteroatoms. The zero-order valence-electron chi connectivity index (χ0n) is 40.1. The number of allylic oxidation sites excluding steroid dienone is 12. The molecule has 0 aromatic rings. The van der Waals surface area contributed by atoms with Gasteiger partial charge in [0.1, 0.15) is 12.7 Å². The van der Waals surface area contributed by atoms with Crippen molar-refractivity contribution < 1.29 is 47.8 Å². The zero-order chi connectivity index (χ0) is 47.0. The molecule has 0 fully saturated rings. The van der Waals surface area contributed by atoms with Crippen molar-refractivity contribution >= 4 is 25.7 Å². The number of carboxylic acid groups (broad SMARTS) is 1. The Morgan fingerprint density at radius 2 is 0.922 bits per heavy atom. The van der Waals surface area contributed by atoms with Crippen LogP contribution in [-0.4, -0.2) is 64.9 Å². The SMILES string of the molecule is CC/C=C\C/C=C\C/C=C\C/C=C\C/C=C\CCCC(=O)NC(COP(=O)(O)OCC(O)COC(=O)CCCCCCCCCCCCCCC/C=C/CCCCCCCC)C(=O)O. The Kier molecular flexibility index (Phi) is 44.2. The molecular weight excluding hydrogens is 830 g/mol. The lowest BCUT2D eigenvalue weighted by Gasteiger charge is -2.18. The van der Waals surface area contributed by atoms with E-state index in [2.05, 4.69) is 79.9 Å². The molecule has 0 aromatic heterocycles. The normalized spacial score (nSPS) is 14.2. The van der Waals surface area contributed by atoms with Gasteiger partial charge in [-0.25, -0.2) is 9.36 Å². The second-order valence-electron chi connectivity index (χ2n) is 16.6. The first-order chi connectivity index (χ1) is 31.1. The van der Waals surface area contributed by atoms with Crippen molar-refractivity contribution in [1.82, 2.24) is 5.32 Å². The molecule has 0 aliphatic heterocycles. The number of nitrogens with one attached hydrogen (secondary N) is 1. The van der Waals surface area contributed by atoms with Crippen molar-refractivity contribution in [2.75, 3.05) is 19.8 Å². The van der Waals surface area contributed by atoms with Crippen LogP contribution in [0, 0.1) is 0 Å². The summed E-state index contributed by atoms with van der Waals surface area (Å²) in [6.45, 7) is 2.45. The van der Waals surface area contributed by atoms with E-state index in [1.54, 1.807) is 0 Å². The van der Waals surface area contributed by atoms with E-state index in [1.807, 2.05) is 12.2 Å². The third kappa shape index (κ3) is 45.5. The van der Waals surface area contributed by atoms with Gasteiger partial charge in [-0.05, 0) is 77.0 Å². The highest BCUT2D eigenvalue weighted by molar-refractivity contribution is 7.47. The average Bonchev–Trinajstić information content (AvgIpc) is 3.27. The maximum Gasteiger partial charge on any atom is 0.472 e. The van der Waals surface area contributed by atoms with Crippen LogP contribution in [0.1, 0.15) is 206 Å². The number of rotatable bonds is 46. The molecule has 368 valence electrons. The van der Waals surface area contributed by atoms with Crippen LogP contribution in [0.3, 0.4) is 0 Å². The number of aliphatic carboxylic acids is 1. The first-order valence-electron chi connectivity index (χ1n) is 25.0. The quantitative estimate of drug-likeness (QED) is 0.0200. The van der Waals surface area contributed by atoms with Gasteiger partial charge in [0.05, 0.1) is 13.2 Å². The van der Waals surface area contributed by atoms with Crippen molar-refractivity contribution in [2.45, 2.75) is 219 Å². The summed E-state index contributed by atoms with van der Waals surface area (Å²) < 4.78 is 26.9. The van der Waals surface area contributed by atoms with Crippen LogP contribution in [0.4, 0.5) is 0 Å². The molecule has 0 aliphatic rings. The lowest BCUT2D eigenvalue weighted by molar-refractivity contribution is -0.147. The molecule has 0 heterocycles. The van der Waals surface area contributed by atoms with E-state index in [4.69, 9.17) is 13.8 Å². The van der Waals surface area contributed by atoms with Crippen LogP contribution < -0.4 is 5.32 Å². The van der Waals surface area contributed by atoms with Gasteiger partial charge in [-0.2, -0.15) is 0 Å². The minimum Gasteiger partial charge on any atom is -0.480 e. The predicted octanol–water partition coefficient (Wildman–Crippen LogP) is 13.7. The molecule has 0 rings (SSSR count). The molecule has 3 atom stereocenters. The fraction of sp³-hybridized carbons (Fsp3) is 0.712. The largest absolute Gasteiger partial charge is 0.480 e. The Morgan fingerprint density at radius 1 is 0.516 bits per heavy atom. The number of aliphatic hydroxyl groups is 1. The number of phosphoric acid groups is 1. The third-order valence-corrected chi connectivity index (χ3v) is 11.4. The van der Waals surface area contributed by atoms with Gasteiger partial charge in [0.2, 0.25) is 5.91 Å². The Bertz CT molecular complexity index is 1360. The molecule has 0 aliphatic carbocycles. The first kappa shape index (κ1) is 60.9. The van der Waals surface area contributed by atoms with Crippen molar-refractivity contribution in [1.29, 1.82) is 0 Å². The maximum absolute atomic E-state index is 12.3. The van der Waals surface area contributed by atoms with Gasteiger partial charge in [0, 0.05) is 12.8 Å². The van der Waals surface area contributed by atoms with Gasteiger partial charge in [-0.1, -0.05) is 189 Å². The van der Waals surface area contributed by atoms with Gasteiger partial charge >= 0.3 is 19.8 Å². The summed E-state index contributed by atoms with van der Waals surface area (Å²) in [5.41, 5.74) is 0. The number of phosphoric ester groups is 1. The summed E-state index contributed by atoms with van der Waals surface area (Å²) >= 11 is 0. The van der Waals surface area contributed by atoms with Crippen molar-refractivity contribution in [2.24, 2.45) is 0 Å². The number of unbranched alkanes of at least 4 members (excludes halogenated alkanes) is 20. The monoisotopic (exact) mass is 920 g/mol. The molecule has 0 saturated carbocycles. The third-order valence-electron chi connectivity index (χ3n) is 10.5. The van der Waals surface area contributed by atoms with Crippen LogP contribution in [0.5, 0.6) is 0 Å².